The number of imidazole rings is 1. The van der Waals surface area contributed by atoms with E-state index in [0.29, 0.717) is 29.4 Å². The van der Waals surface area contributed by atoms with Crippen LogP contribution in [-0.4, -0.2) is 57.4 Å². The second-order valence-electron chi connectivity index (χ2n) is 9.29. The Labute approximate surface area is 209 Å². The summed E-state index contributed by atoms with van der Waals surface area (Å²) < 4.78 is 16.1. The molecule has 8 nitrogen and oxygen atoms in total. The highest BCUT2D eigenvalue weighted by Gasteiger charge is 2.32. The first-order valence-electron chi connectivity index (χ1n) is 12.4. The Morgan fingerprint density at radius 3 is 2.83 bits per heavy atom. The lowest BCUT2D eigenvalue weighted by Gasteiger charge is -2.20. The Kier molecular flexibility index (Phi) is 5.71. The number of ether oxygens (including phenoxy) is 2. The molecule has 2 aromatic heterocycles. The average molecular weight is 484 g/mol. The molecule has 0 N–H and O–H groups in total. The van der Waals surface area contributed by atoms with Crippen molar-refractivity contribution in [2.24, 2.45) is 12.0 Å². The third kappa shape index (κ3) is 3.82. The Bertz CT molecular complexity index is 1470. The Hall–Kier alpha value is -4.07. The van der Waals surface area contributed by atoms with Crippen molar-refractivity contribution < 1.29 is 14.3 Å². The number of carbonyl (C=O) groups excluding carboxylic acids is 1. The van der Waals surface area contributed by atoms with Crippen molar-refractivity contribution in [2.75, 3.05) is 20.3 Å². The quantitative estimate of drug-likeness (QED) is 0.353. The van der Waals surface area contributed by atoms with Crippen LogP contribution in [0, 0.1) is 0 Å². The first kappa shape index (κ1) is 22.4. The van der Waals surface area contributed by atoms with Gasteiger partial charge in [0.15, 0.2) is 17.3 Å². The number of hydrogen-bond donors (Lipinski definition) is 0. The van der Waals surface area contributed by atoms with Crippen molar-refractivity contribution >= 4 is 28.8 Å². The molecular weight excluding hydrogens is 454 g/mol. The van der Waals surface area contributed by atoms with Gasteiger partial charge in [-0.05, 0) is 49.6 Å². The van der Waals surface area contributed by atoms with Gasteiger partial charge in [0.05, 0.1) is 47.7 Å². The number of aryl methyl sites for hydroxylation is 2. The number of rotatable bonds is 7. The van der Waals surface area contributed by atoms with Gasteiger partial charge in [-0.2, -0.15) is 0 Å². The van der Waals surface area contributed by atoms with Gasteiger partial charge in [0.25, 0.3) is 5.91 Å². The molecule has 0 radical (unpaired) electrons. The van der Waals surface area contributed by atoms with E-state index in [-0.39, 0.29) is 11.9 Å². The van der Waals surface area contributed by atoms with Crippen LogP contribution in [0.15, 0.2) is 59.7 Å². The monoisotopic (exact) mass is 483 g/mol. The molecule has 4 heterocycles. The topological polar surface area (TPSA) is 73.9 Å². The van der Waals surface area contributed by atoms with Crippen LogP contribution in [0.5, 0.6) is 11.5 Å². The standard InChI is InChI=1S/C28H29N5O3/c1-31-12-6-11-24(31)27-30-21-9-3-4-10-23(21)33(27)14-7-15-36-26-17-22-20(16-25(26)35-2)28(34)32-13-5-8-19(32)18-29-22/h3-4,6,9-12,16-19H,5,7-8,13-15H2,1-2H3/t19-/m0/s1. The molecular formula is C28H29N5O3. The highest BCUT2D eigenvalue weighted by Crippen LogP contribution is 2.38. The van der Waals surface area contributed by atoms with Crippen LogP contribution in [0.2, 0.25) is 0 Å². The number of aliphatic imine (C=N–C) groups is 1. The Morgan fingerprint density at radius 1 is 1.11 bits per heavy atom. The lowest BCUT2D eigenvalue weighted by molar-refractivity contribution is 0.0774. The second-order valence-corrected chi connectivity index (χ2v) is 9.29. The van der Waals surface area contributed by atoms with Crippen molar-refractivity contribution in [3.05, 3.63) is 60.3 Å². The van der Waals surface area contributed by atoms with Gasteiger partial charge in [0.2, 0.25) is 0 Å². The van der Waals surface area contributed by atoms with E-state index in [1.807, 2.05) is 54.7 Å². The molecule has 6 rings (SSSR count). The van der Waals surface area contributed by atoms with Crippen molar-refractivity contribution in [2.45, 2.75) is 31.8 Å². The normalized spacial score (nSPS) is 16.8. The van der Waals surface area contributed by atoms with Gasteiger partial charge in [0, 0.05) is 38.6 Å². The van der Waals surface area contributed by atoms with Crippen LogP contribution in [0.25, 0.3) is 22.6 Å². The van der Waals surface area contributed by atoms with Gasteiger partial charge >= 0.3 is 0 Å². The van der Waals surface area contributed by atoms with Crippen molar-refractivity contribution in [1.82, 2.24) is 19.0 Å². The number of para-hydroxylation sites is 2. The van der Waals surface area contributed by atoms with Crippen LogP contribution in [0.4, 0.5) is 5.69 Å². The van der Waals surface area contributed by atoms with Crippen LogP contribution in [0.1, 0.15) is 29.6 Å². The molecule has 1 saturated heterocycles. The van der Waals surface area contributed by atoms with E-state index >= 15 is 0 Å². The largest absolute Gasteiger partial charge is 0.493 e. The number of nitrogens with zero attached hydrogens (tertiary/aromatic N) is 5. The van der Waals surface area contributed by atoms with Gasteiger partial charge in [-0.3, -0.25) is 9.79 Å². The van der Waals surface area contributed by atoms with Gasteiger partial charge in [0.1, 0.15) is 0 Å². The SMILES string of the molecule is COc1cc2c(cc1OCCCn1c(-c3cccn3C)nc3ccccc31)N=C[C@@H]1CCCN1C2=O. The zero-order chi connectivity index (χ0) is 24.6. The zero-order valence-corrected chi connectivity index (χ0v) is 20.6. The maximum Gasteiger partial charge on any atom is 0.256 e. The molecule has 0 spiro atoms. The summed E-state index contributed by atoms with van der Waals surface area (Å²) in [6.07, 6.45) is 6.66. The highest BCUT2D eigenvalue weighted by molar-refractivity contribution is 6.03. The minimum atomic E-state index is 0.00930. The van der Waals surface area contributed by atoms with Crippen LogP contribution >= 0.6 is 0 Å². The van der Waals surface area contributed by atoms with Crippen LogP contribution in [-0.2, 0) is 13.6 Å². The smallest absolute Gasteiger partial charge is 0.256 e. The molecule has 184 valence electrons. The zero-order valence-electron chi connectivity index (χ0n) is 20.6. The minimum absolute atomic E-state index is 0.00930. The molecule has 1 amide bonds. The molecule has 36 heavy (non-hydrogen) atoms. The molecule has 1 atom stereocenters. The first-order valence-corrected chi connectivity index (χ1v) is 12.4. The minimum Gasteiger partial charge on any atom is -0.493 e. The maximum atomic E-state index is 13.1. The fourth-order valence-corrected chi connectivity index (χ4v) is 5.22. The highest BCUT2D eigenvalue weighted by atomic mass is 16.5. The molecule has 8 heteroatoms. The maximum absolute atomic E-state index is 13.1. The number of carbonyl (C=O) groups is 1. The number of fused-ring (bicyclic) bond motifs is 3. The summed E-state index contributed by atoms with van der Waals surface area (Å²) in [7, 11) is 3.63. The molecule has 2 aliphatic heterocycles. The molecule has 2 aliphatic rings. The molecule has 0 bridgehead atoms. The van der Waals surface area contributed by atoms with E-state index < -0.39 is 0 Å². The Morgan fingerprint density at radius 2 is 2.00 bits per heavy atom. The molecule has 0 unspecified atom stereocenters. The number of amides is 1. The summed E-state index contributed by atoms with van der Waals surface area (Å²) >= 11 is 0. The van der Waals surface area contributed by atoms with E-state index in [0.717, 1.165) is 54.9 Å². The predicted octanol–water partition coefficient (Wildman–Crippen LogP) is 4.84. The van der Waals surface area contributed by atoms with Crippen molar-refractivity contribution in [1.29, 1.82) is 0 Å². The van der Waals surface area contributed by atoms with Crippen LogP contribution < -0.4 is 9.47 Å². The number of methoxy groups -OCH3 is 1. The summed E-state index contributed by atoms with van der Waals surface area (Å²) in [5, 5.41) is 0. The summed E-state index contributed by atoms with van der Waals surface area (Å²) in [4.78, 5) is 24.5. The number of hydrogen-bond acceptors (Lipinski definition) is 5. The van der Waals surface area contributed by atoms with Gasteiger partial charge < -0.3 is 23.5 Å². The van der Waals surface area contributed by atoms with Gasteiger partial charge in [-0.25, -0.2) is 4.98 Å². The summed E-state index contributed by atoms with van der Waals surface area (Å²) in [6.45, 7) is 2.01. The molecule has 0 saturated carbocycles. The van der Waals surface area contributed by atoms with E-state index in [2.05, 4.69) is 26.3 Å². The van der Waals surface area contributed by atoms with E-state index in [9.17, 15) is 4.79 Å². The van der Waals surface area contributed by atoms with Crippen molar-refractivity contribution in [3.8, 4) is 23.0 Å². The summed E-state index contributed by atoms with van der Waals surface area (Å²) in [5.74, 6) is 2.10. The summed E-state index contributed by atoms with van der Waals surface area (Å²) in [6, 6.07) is 16.0. The van der Waals surface area contributed by atoms with Crippen molar-refractivity contribution in [3.63, 3.8) is 0 Å². The molecule has 4 aromatic rings. The number of benzene rings is 2. The first-order chi connectivity index (χ1) is 17.6. The van der Waals surface area contributed by atoms with Gasteiger partial charge in [-0.15, -0.1) is 0 Å². The lowest BCUT2D eigenvalue weighted by Crippen LogP contribution is -2.35. The predicted molar refractivity (Wildman–Crippen MR) is 139 cm³/mol. The fraction of sp³-hybridized carbons (Fsp3) is 0.321. The van der Waals surface area contributed by atoms with E-state index in [4.69, 9.17) is 14.5 Å². The van der Waals surface area contributed by atoms with Crippen LogP contribution in [0.3, 0.4) is 0 Å². The molecule has 2 aromatic carbocycles. The Balaban J connectivity index is 1.22. The fourth-order valence-electron chi connectivity index (χ4n) is 5.22. The van der Waals surface area contributed by atoms with E-state index in [1.165, 1.54) is 0 Å². The number of aromatic nitrogens is 3. The lowest BCUT2D eigenvalue weighted by atomic mass is 10.1. The molecule has 0 aliphatic carbocycles. The second kappa shape index (κ2) is 9.18. The summed E-state index contributed by atoms with van der Waals surface area (Å²) in [5.41, 5.74) is 4.35. The third-order valence-corrected chi connectivity index (χ3v) is 7.07. The third-order valence-electron chi connectivity index (χ3n) is 7.07. The van der Waals surface area contributed by atoms with E-state index in [1.54, 1.807) is 13.2 Å². The molecule has 1 fully saturated rings. The average Bonchev–Trinajstić information content (AvgIpc) is 3.61. The van der Waals surface area contributed by atoms with Gasteiger partial charge in [-0.1, -0.05) is 12.1 Å².